The van der Waals surface area contributed by atoms with Gasteiger partial charge in [0.15, 0.2) is 0 Å². The molecule has 3 rings (SSSR count). The lowest BCUT2D eigenvalue weighted by Gasteiger charge is -2.20. The maximum absolute atomic E-state index is 13.2. The van der Waals surface area contributed by atoms with Crippen LogP contribution in [0.4, 0.5) is 8.78 Å². The number of aryl methyl sites for hydroxylation is 1. The number of aromatic nitrogens is 1. The van der Waals surface area contributed by atoms with Crippen LogP contribution in [-0.4, -0.2) is 12.0 Å². The van der Waals surface area contributed by atoms with Gasteiger partial charge in [-0.2, -0.15) is 0 Å². The average molecular weight is 294 g/mol. The topological polar surface area (TPSA) is 24.9 Å². The molecule has 1 aliphatic rings. The monoisotopic (exact) mass is 294 g/mol. The van der Waals surface area contributed by atoms with Crippen LogP contribution in [0.5, 0.6) is 0 Å². The minimum atomic E-state index is -0.533. The van der Waals surface area contributed by atoms with Gasteiger partial charge in [-0.05, 0) is 44.0 Å². The molecule has 1 N–H and O–H groups in total. The van der Waals surface area contributed by atoms with Crippen molar-refractivity contribution in [1.82, 2.24) is 10.3 Å². The first-order valence-corrected chi connectivity index (χ1v) is 7.58. The van der Waals surface area contributed by atoms with Gasteiger partial charge in [-0.15, -0.1) is 11.3 Å². The Morgan fingerprint density at radius 3 is 2.75 bits per heavy atom. The first-order chi connectivity index (χ1) is 9.65. The van der Waals surface area contributed by atoms with Gasteiger partial charge >= 0.3 is 0 Å². The Balaban J connectivity index is 1.86. The zero-order valence-electron chi connectivity index (χ0n) is 11.2. The van der Waals surface area contributed by atoms with Crippen molar-refractivity contribution in [2.75, 3.05) is 7.05 Å². The summed E-state index contributed by atoms with van der Waals surface area (Å²) in [6.07, 6.45) is 3.75. The van der Waals surface area contributed by atoms with Gasteiger partial charge in [-0.25, -0.2) is 13.8 Å². The second-order valence-corrected chi connectivity index (χ2v) is 6.22. The number of halogens is 2. The highest BCUT2D eigenvalue weighted by Crippen LogP contribution is 2.34. The first kappa shape index (κ1) is 13.6. The van der Waals surface area contributed by atoms with Gasteiger partial charge in [-0.1, -0.05) is 0 Å². The summed E-state index contributed by atoms with van der Waals surface area (Å²) in [5.41, 5.74) is 1.78. The Morgan fingerprint density at radius 2 is 2.05 bits per heavy atom. The second-order valence-electron chi connectivity index (χ2n) is 5.11. The molecule has 0 saturated heterocycles. The molecule has 0 fully saturated rings. The molecule has 1 heterocycles. The summed E-state index contributed by atoms with van der Waals surface area (Å²) < 4.78 is 26.4. The molecule has 0 saturated carbocycles. The largest absolute Gasteiger partial charge is 0.312 e. The zero-order valence-corrected chi connectivity index (χ0v) is 12.1. The molecule has 2 aromatic rings. The molecule has 1 aromatic heterocycles. The van der Waals surface area contributed by atoms with Crippen molar-refractivity contribution in [3.05, 3.63) is 51.0 Å². The zero-order chi connectivity index (χ0) is 14.1. The van der Waals surface area contributed by atoms with Crippen LogP contribution in [-0.2, 0) is 12.8 Å². The van der Waals surface area contributed by atoms with E-state index < -0.39 is 11.6 Å². The fraction of sp³-hybridized carbons (Fsp3) is 0.400. The molecule has 20 heavy (non-hydrogen) atoms. The van der Waals surface area contributed by atoms with E-state index >= 15 is 0 Å². The highest BCUT2D eigenvalue weighted by Gasteiger charge is 2.23. The average Bonchev–Trinajstić information content (AvgIpc) is 2.79. The van der Waals surface area contributed by atoms with Crippen LogP contribution in [0, 0.1) is 11.6 Å². The Labute approximate surface area is 120 Å². The van der Waals surface area contributed by atoms with Gasteiger partial charge in [-0.3, -0.25) is 0 Å². The Kier molecular flexibility index (Phi) is 3.81. The van der Waals surface area contributed by atoms with E-state index in [1.807, 2.05) is 7.05 Å². The fourth-order valence-electron chi connectivity index (χ4n) is 2.71. The minimum absolute atomic E-state index is 0.370. The van der Waals surface area contributed by atoms with E-state index in [0.717, 1.165) is 36.0 Å². The van der Waals surface area contributed by atoms with E-state index in [1.54, 1.807) is 11.3 Å². The van der Waals surface area contributed by atoms with E-state index in [4.69, 9.17) is 0 Å². The van der Waals surface area contributed by atoms with Crippen LogP contribution in [0.2, 0.25) is 0 Å². The lowest BCUT2D eigenvalue weighted by molar-refractivity contribution is 0.501. The molecule has 1 unspecified atom stereocenters. The molecule has 1 atom stereocenters. The molecule has 2 nitrogen and oxygen atoms in total. The van der Waals surface area contributed by atoms with Crippen molar-refractivity contribution in [2.45, 2.75) is 31.7 Å². The highest BCUT2D eigenvalue weighted by molar-refractivity contribution is 7.11. The molecule has 0 aliphatic heterocycles. The predicted octanol–water partition coefficient (Wildman–Crippen LogP) is 3.61. The van der Waals surface area contributed by atoms with Crippen LogP contribution in [0.15, 0.2) is 18.2 Å². The summed E-state index contributed by atoms with van der Waals surface area (Å²) in [6, 6.07) is 4.01. The van der Waals surface area contributed by atoms with Gasteiger partial charge in [0.1, 0.15) is 11.6 Å². The van der Waals surface area contributed by atoms with Crippen LogP contribution >= 0.6 is 11.3 Å². The van der Waals surface area contributed by atoms with E-state index in [1.165, 1.54) is 17.0 Å². The minimum Gasteiger partial charge on any atom is -0.312 e. The third-order valence-electron chi connectivity index (χ3n) is 3.62. The van der Waals surface area contributed by atoms with Crippen molar-refractivity contribution < 1.29 is 8.78 Å². The molecular weight excluding hydrogens is 278 g/mol. The molecule has 1 aromatic carbocycles. The summed E-state index contributed by atoms with van der Waals surface area (Å²) in [6.45, 7) is 0. The summed E-state index contributed by atoms with van der Waals surface area (Å²) in [5.74, 6) is -1.07. The van der Waals surface area contributed by atoms with Crippen molar-refractivity contribution >= 4 is 11.3 Å². The number of thiazole rings is 1. The van der Waals surface area contributed by atoms with E-state index in [0.29, 0.717) is 18.0 Å². The van der Waals surface area contributed by atoms with Crippen molar-refractivity contribution in [1.29, 1.82) is 0 Å². The SMILES string of the molecule is CNC1CCCc2nc(Cc3cc(F)cc(F)c3)sc21. The Morgan fingerprint density at radius 1 is 1.30 bits per heavy atom. The molecule has 106 valence electrons. The van der Waals surface area contributed by atoms with Crippen LogP contribution in [0.25, 0.3) is 0 Å². The quantitative estimate of drug-likeness (QED) is 0.935. The van der Waals surface area contributed by atoms with Crippen molar-refractivity contribution in [3.63, 3.8) is 0 Å². The van der Waals surface area contributed by atoms with Gasteiger partial charge in [0, 0.05) is 23.4 Å². The maximum atomic E-state index is 13.2. The molecule has 0 amide bonds. The summed E-state index contributed by atoms with van der Waals surface area (Å²) in [4.78, 5) is 5.92. The fourth-order valence-corrected chi connectivity index (χ4v) is 4.00. The van der Waals surface area contributed by atoms with Crippen LogP contribution in [0.1, 0.15) is 40.0 Å². The summed E-state index contributed by atoms with van der Waals surface area (Å²) in [5, 5.41) is 4.24. The third-order valence-corrected chi connectivity index (χ3v) is 4.83. The number of nitrogens with zero attached hydrogens (tertiary/aromatic N) is 1. The normalized spacial score (nSPS) is 18.1. The third kappa shape index (κ3) is 2.74. The van der Waals surface area contributed by atoms with Crippen molar-refractivity contribution in [3.8, 4) is 0 Å². The molecular formula is C15H16F2N2S. The number of nitrogens with one attached hydrogen (secondary N) is 1. The van der Waals surface area contributed by atoms with E-state index in [2.05, 4.69) is 10.3 Å². The van der Waals surface area contributed by atoms with Crippen LogP contribution < -0.4 is 5.32 Å². The smallest absolute Gasteiger partial charge is 0.126 e. The van der Waals surface area contributed by atoms with Crippen molar-refractivity contribution in [2.24, 2.45) is 0 Å². The lowest BCUT2D eigenvalue weighted by Crippen LogP contribution is -2.19. The number of hydrogen-bond donors (Lipinski definition) is 1. The van der Waals surface area contributed by atoms with Gasteiger partial charge < -0.3 is 5.32 Å². The maximum Gasteiger partial charge on any atom is 0.126 e. The summed E-state index contributed by atoms with van der Waals surface area (Å²) >= 11 is 1.66. The van der Waals surface area contributed by atoms with E-state index in [-0.39, 0.29) is 0 Å². The van der Waals surface area contributed by atoms with E-state index in [9.17, 15) is 8.78 Å². The Bertz CT molecular complexity index is 604. The molecule has 0 spiro atoms. The second kappa shape index (κ2) is 5.58. The molecule has 1 aliphatic carbocycles. The van der Waals surface area contributed by atoms with Crippen LogP contribution in [0.3, 0.4) is 0 Å². The standard InChI is InChI=1S/C15H16F2N2S/c1-18-12-3-2-4-13-15(12)20-14(19-13)7-9-5-10(16)8-11(17)6-9/h5-6,8,12,18H,2-4,7H2,1H3. The molecule has 0 bridgehead atoms. The highest BCUT2D eigenvalue weighted by atomic mass is 32.1. The van der Waals surface area contributed by atoms with Gasteiger partial charge in [0.05, 0.1) is 10.7 Å². The summed E-state index contributed by atoms with van der Waals surface area (Å²) in [7, 11) is 1.96. The number of fused-ring (bicyclic) bond motifs is 1. The molecule has 0 radical (unpaired) electrons. The number of benzene rings is 1. The number of rotatable bonds is 3. The predicted molar refractivity (Wildman–Crippen MR) is 76.0 cm³/mol. The molecule has 5 heteroatoms. The lowest BCUT2D eigenvalue weighted by atomic mass is 9.98. The van der Waals surface area contributed by atoms with Gasteiger partial charge in [0.2, 0.25) is 0 Å². The Hall–Kier alpha value is -1.33. The van der Waals surface area contributed by atoms with Gasteiger partial charge in [0.25, 0.3) is 0 Å². The first-order valence-electron chi connectivity index (χ1n) is 6.76. The number of hydrogen-bond acceptors (Lipinski definition) is 3.